The van der Waals surface area contributed by atoms with Crippen molar-refractivity contribution < 1.29 is 18.7 Å². The van der Waals surface area contributed by atoms with Crippen LogP contribution in [0, 0.1) is 6.92 Å². The van der Waals surface area contributed by atoms with Crippen LogP contribution in [0.15, 0.2) is 46.0 Å². The number of nitrogens with one attached hydrogen (secondary N) is 1. The molecule has 0 radical (unpaired) electrons. The van der Waals surface area contributed by atoms with Crippen molar-refractivity contribution in [1.82, 2.24) is 10.2 Å². The van der Waals surface area contributed by atoms with E-state index in [1.807, 2.05) is 13.0 Å². The minimum Gasteiger partial charge on any atom is -0.497 e. The van der Waals surface area contributed by atoms with Crippen LogP contribution in [-0.2, 0) is 4.79 Å². The molecule has 0 aliphatic rings. The number of methoxy groups -OCH3 is 2. The molecule has 0 saturated heterocycles. The number of nitrogens with zero attached hydrogens (tertiary/aromatic N) is 2. The number of amides is 1. The Labute approximate surface area is 177 Å². The molecule has 0 fully saturated rings. The Bertz CT molecular complexity index is 1020. The van der Waals surface area contributed by atoms with Gasteiger partial charge in [0.1, 0.15) is 11.5 Å². The van der Waals surface area contributed by atoms with Gasteiger partial charge in [-0.3, -0.25) is 4.79 Å². The zero-order valence-electron chi connectivity index (χ0n) is 16.4. The van der Waals surface area contributed by atoms with Crippen LogP contribution in [-0.4, -0.2) is 35.6 Å². The highest BCUT2D eigenvalue weighted by molar-refractivity contribution is 8.00. The van der Waals surface area contributed by atoms with Crippen LogP contribution in [0.5, 0.6) is 11.5 Å². The summed E-state index contributed by atoms with van der Waals surface area (Å²) in [7, 11) is 3.13. The van der Waals surface area contributed by atoms with Gasteiger partial charge in [0, 0.05) is 16.8 Å². The van der Waals surface area contributed by atoms with E-state index in [4.69, 9.17) is 25.5 Å². The highest BCUT2D eigenvalue weighted by Crippen LogP contribution is 2.34. The third-order valence-electron chi connectivity index (χ3n) is 4.15. The average molecular weight is 434 g/mol. The summed E-state index contributed by atoms with van der Waals surface area (Å²) in [6, 6.07) is 10.6. The second-order valence-electron chi connectivity index (χ2n) is 6.15. The number of ether oxygens (including phenoxy) is 2. The van der Waals surface area contributed by atoms with Gasteiger partial charge in [0.25, 0.3) is 11.1 Å². The van der Waals surface area contributed by atoms with Crippen LogP contribution in [0.3, 0.4) is 0 Å². The molecule has 3 rings (SSSR count). The van der Waals surface area contributed by atoms with Gasteiger partial charge in [-0.15, -0.1) is 10.2 Å². The summed E-state index contributed by atoms with van der Waals surface area (Å²) < 4.78 is 16.3. The van der Waals surface area contributed by atoms with Gasteiger partial charge in [-0.2, -0.15) is 0 Å². The fourth-order valence-electron chi connectivity index (χ4n) is 2.51. The van der Waals surface area contributed by atoms with Crippen LogP contribution in [0.2, 0.25) is 5.02 Å². The number of carbonyl (C=O) groups excluding carboxylic acids is 1. The molecule has 0 saturated carbocycles. The van der Waals surface area contributed by atoms with E-state index in [-0.39, 0.29) is 11.1 Å². The molecular formula is C20H20ClN3O4S. The molecule has 1 N–H and O–H groups in total. The topological polar surface area (TPSA) is 86.5 Å². The number of hydrogen-bond donors (Lipinski definition) is 1. The molecule has 3 aromatic rings. The third-order valence-corrected chi connectivity index (χ3v) is 5.32. The number of aryl methyl sites for hydroxylation is 1. The number of aromatic nitrogens is 2. The molecule has 1 atom stereocenters. The summed E-state index contributed by atoms with van der Waals surface area (Å²) in [5, 5.41) is 11.3. The van der Waals surface area contributed by atoms with Crippen LogP contribution in [0.4, 0.5) is 5.69 Å². The first-order chi connectivity index (χ1) is 13.9. The Morgan fingerprint density at radius 2 is 1.97 bits per heavy atom. The largest absolute Gasteiger partial charge is 0.497 e. The van der Waals surface area contributed by atoms with Gasteiger partial charge >= 0.3 is 0 Å². The van der Waals surface area contributed by atoms with Crippen molar-refractivity contribution in [2.24, 2.45) is 0 Å². The molecule has 1 heterocycles. The van der Waals surface area contributed by atoms with Crippen LogP contribution < -0.4 is 14.8 Å². The number of halogens is 1. The summed E-state index contributed by atoms with van der Waals surface area (Å²) in [5.74, 6) is 1.31. The molecule has 0 bridgehead atoms. The van der Waals surface area contributed by atoms with Crippen molar-refractivity contribution in [2.45, 2.75) is 24.3 Å². The van der Waals surface area contributed by atoms with E-state index in [9.17, 15) is 4.79 Å². The third kappa shape index (κ3) is 5.02. The van der Waals surface area contributed by atoms with E-state index in [1.165, 1.54) is 11.8 Å². The van der Waals surface area contributed by atoms with E-state index in [1.54, 1.807) is 51.5 Å². The van der Waals surface area contributed by atoms with Crippen molar-refractivity contribution in [3.8, 4) is 23.0 Å². The Morgan fingerprint density at radius 1 is 1.17 bits per heavy atom. The quantitative estimate of drug-likeness (QED) is 0.533. The fourth-order valence-corrected chi connectivity index (χ4v) is 3.36. The molecule has 29 heavy (non-hydrogen) atoms. The maximum atomic E-state index is 12.5. The Morgan fingerprint density at radius 3 is 2.69 bits per heavy atom. The summed E-state index contributed by atoms with van der Waals surface area (Å²) >= 11 is 7.17. The van der Waals surface area contributed by atoms with Gasteiger partial charge in [0.2, 0.25) is 5.91 Å². The Balaban J connectivity index is 1.71. The van der Waals surface area contributed by atoms with E-state index >= 15 is 0 Å². The summed E-state index contributed by atoms with van der Waals surface area (Å²) in [6.45, 7) is 3.66. The number of carbonyl (C=O) groups is 1. The summed E-state index contributed by atoms with van der Waals surface area (Å²) in [4.78, 5) is 12.5. The molecular weight excluding hydrogens is 414 g/mol. The van der Waals surface area contributed by atoms with Gasteiger partial charge in [0.05, 0.1) is 25.0 Å². The van der Waals surface area contributed by atoms with Gasteiger partial charge in [0.15, 0.2) is 0 Å². The average Bonchev–Trinajstić information content (AvgIpc) is 3.18. The van der Waals surface area contributed by atoms with Crippen LogP contribution in [0.1, 0.15) is 12.5 Å². The monoisotopic (exact) mass is 433 g/mol. The highest BCUT2D eigenvalue weighted by Gasteiger charge is 2.21. The Kier molecular flexibility index (Phi) is 6.66. The van der Waals surface area contributed by atoms with Gasteiger partial charge in [-0.05, 0) is 43.7 Å². The van der Waals surface area contributed by atoms with Gasteiger partial charge < -0.3 is 19.2 Å². The minimum atomic E-state index is -0.459. The maximum absolute atomic E-state index is 12.5. The van der Waals surface area contributed by atoms with E-state index in [0.29, 0.717) is 33.7 Å². The van der Waals surface area contributed by atoms with Crippen molar-refractivity contribution in [1.29, 1.82) is 0 Å². The molecule has 0 aliphatic carbocycles. The minimum absolute atomic E-state index is 0.192. The smallest absolute Gasteiger partial charge is 0.277 e. The van der Waals surface area contributed by atoms with E-state index in [0.717, 1.165) is 5.56 Å². The highest BCUT2D eigenvalue weighted by atomic mass is 35.5. The van der Waals surface area contributed by atoms with Crippen molar-refractivity contribution in [3.05, 3.63) is 47.0 Å². The molecule has 1 aromatic heterocycles. The lowest BCUT2D eigenvalue weighted by atomic mass is 10.2. The first-order valence-corrected chi connectivity index (χ1v) is 9.96. The zero-order chi connectivity index (χ0) is 21.0. The van der Waals surface area contributed by atoms with Crippen molar-refractivity contribution in [2.75, 3.05) is 19.5 Å². The maximum Gasteiger partial charge on any atom is 0.277 e. The van der Waals surface area contributed by atoms with Crippen LogP contribution in [0.25, 0.3) is 11.5 Å². The predicted octanol–water partition coefficient (Wildman–Crippen LogP) is 4.83. The standard InChI is InChI=1S/C20H20ClN3O4S/c1-11-5-6-13(21)9-16(11)22-18(25)12(2)29-20-24-23-19(28-20)15-8-7-14(26-3)10-17(15)27-4/h5-10,12H,1-4H3,(H,22,25)/t12-/m1/s1. The molecule has 0 spiro atoms. The Hall–Kier alpha value is -2.71. The van der Waals surface area contributed by atoms with Crippen molar-refractivity contribution >= 4 is 35.0 Å². The molecule has 9 heteroatoms. The molecule has 0 unspecified atom stereocenters. The first-order valence-electron chi connectivity index (χ1n) is 8.71. The summed E-state index contributed by atoms with van der Waals surface area (Å²) in [5.41, 5.74) is 2.23. The number of rotatable bonds is 7. The lowest BCUT2D eigenvalue weighted by Gasteiger charge is -2.12. The van der Waals surface area contributed by atoms with E-state index < -0.39 is 5.25 Å². The summed E-state index contributed by atoms with van der Waals surface area (Å²) in [6.07, 6.45) is 0. The lowest BCUT2D eigenvalue weighted by Crippen LogP contribution is -2.22. The lowest BCUT2D eigenvalue weighted by molar-refractivity contribution is -0.115. The number of hydrogen-bond acceptors (Lipinski definition) is 7. The van der Waals surface area contributed by atoms with Gasteiger partial charge in [-0.1, -0.05) is 29.4 Å². The zero-order valence-corrected chi connectivity index (χ0v) is 17.9. The normalized spacial score (nSPS) is 11.8. The SMILES string of the molecule is COc1ccc(-c2nnc(S[C@H](C)C(=O)Nc3cc(Cl)ccc3C)o2)c(OC)c1. The van der Waals surface area contributed by atoms with Crippen molar-refractivity contribution in [3.63, 3.8) is 0 Å². The molecule has 7 nitrogen and oxygen atoms in total. The molecule has 0 aliphatic heterocycles. The number of benzene rings is 2. The number of anilines is 1. The second kappa shape index (κ2) is 9.19. The van der Waals surface area contributed by atoms with E-state index in [2.05, 4.69) is 15.5 Å². The van der Waals surface area contributed by atoms with Crippen LogP contribution >= 0.6 is 23.4 Å². The fraction of sp³-hybridized carbons (Fsp3) is 0.250. The van der Waals surface area contributed by atoms with Gasteiger partial charge in [-0.25, -0.2) is 0 Å². The number of thioether (sulfide) groups is 1. The molecule has 2 aromatic carbocycles. The molecule has 1 amide bonds. The predicted molar refractivity (Wildman–Crippen MR) is 113 cm³/mol. The molecule has 152 valence electrons. The second-order valence-corrected chi connectivity index (χ2v) is 7.88. The first kappa shape index (κ1) is 21.0.